The Bertz CT molecular complexity index is 1090. The van der Waals surface area contributed by atoms with Crippen LogP contribution >= 0.6 is 0 Å². The fourth-order valence-electron chi connectivity index (χ4n) is 5.52. The van der Waals surface area contributed by atoms with E-state index in [0.717, 1.165) is 11.3 Å². The van der Waals surface area contributed by atoms with Crippen molar-refractivity contribution in [2.45, 2.75) is 102 Å². The molecule has 1 aromatic rings. The highest BCUT2D eigenvalue weighted by atomic mass is 16.9. The molecule has 39 heavy (non-hydrogen) atoms. The molecule has 0 unspecified atom stereocenters. The predicted octanol–water partition coefficient (Wildman–Crippen LogP) is 4.16. The maximum Gasteiger partial charge on any atom is 0.411 e. The minimum atomic E-state index is -1.20. The van der Waals surface area contributed by atoms with Gasteiger partial charge in [0, 0.05) is 13.0 Å². The number of carbonyl (C=O) groups excluding carboxylic acids is 1. The first-order valence-electron chi connectivity index (χ1n) is 13.5. The van der Waals surface area contributed by atoms with E-state index in [0.29, 0.717) is 18.7 Å². The zero-order valence-corrected chi connectivity index (χ0v) is 24.1. The summed E-state index contributed by atoms with van der Waals surface area (Å²) in [5.41, 5.74) is 0.377. The Kier molecular flexibility index (Phi) is 7.17. The predicted molar refractivity (Wildman–Crippen MR) is 140 cm³/mol. The number of fused-ring (bicyclic) bond motifs is 1. The Labute approximate surface area is 230 Å². The maximum atomic E-state index is 13.3. The van der Waals surface area contributed by atoms with Crippen LogP contribution in [0, 0.1) is 0 Å². The average molecular weight is 548 g/mol. The van der Waals surface area contributed by atoms with Crippen LogP contribution in [0.5, 0.6) is 5.75 Å². The maximum absolute atomic E-state index is 13.3. The normalized spacial score (nSPS) is 33.1. The highest BCUT2D eigenvalue weighted by molar-refractivity contribution is 5.70. The molecule has 4 aliphatic heterocycles. The van der Waals surface area contributed by atoms with Crippen molar-refractivity contribution in [1.29, 1.82) is 0 Å². The number of methoxy groups -OCH3 is 1. The molecule has 10 heteroatoms. The molecule has 4 heterocycles. The van der Waals surface area contributed by atoms with Gasteiger partial charge in [0.05, 0.1) is 19.8 Å². The first-order chi connectivity index (χ1) is 18.2. The van der Waals surface area contributed by atoms with Crippen LogP contribution in [-0.2, 0) is 39.6 Å². The number of amides is 1. The third kappa shape index (κ3) is 5.90. The summed E-state index contributed by atoms with van der Waals surface area (Å²) in [6, 6.07) is 7.35. The third-order valence-electron chi connectivity index (χ3n) is 7.16. The Hall–Kier alpha value is -2.37. The lowest BCUT2D eigenvalue weighted by molar-refractivity contribution is -0.329. The second-order valence-corrected chi connectivity index (χ2v) is 12.4. The molecule has 0 bridgehead atoms. The van der Waals surface area contributed by atoms with E-state index in [4.69, 9.17) is 37.9 Å². The van der Waals surface area contributed by atoms with E-state index >= 15 is 0 Å². The van der Waals surface area contributed by atoms with Crippen molar-refractivity contribution in [3.63, 3.8) is 0 Å². The largest absolute Gasteiger partial charge is 0.497 e. The van der Waals surface area contributed by atoms with Gasteiger partial charge in [0.1, 0.15) is 35.9 Å². The van der Waals surface area contributed by atoms with Crippen molar-refractivity contribution in [3.05, 3.63) is 41.7 Å². The van der Waals surface area contributed by atoms with Gasteiger partial charge in [-0.2, -0.15) is 0 Å². The molecule has 1 spiro atoms. The lowest BCUT2D eigenvalue weighted by atomic mass is 9.96. The highest BCUT2D eigenvalue weighted by Gasteiger charge is 2.64. The molecule has 5 atom stereocenters. The smallest absolute Gasteiger partial charge is 0.411 e. The van der Waals surface area contributed by atoms with E-state index in [1.54, 1.807) is 12.0 Å². The molecule has 4 aliphatic rings. The topological polar surface area (TPSA) is 94.2 Å². The summed E-state index contributed by atoms with van der Waals surface area (Å²) in [6.45, 7) is 13.8. The Balaban J connectivity index is 1.45. The molecule has 0 aliphatic carbocycles. The molecule has 1 amide bonds. The molecule has 3 saturated heterocycles. The molecule has 5 rings (SSSR count). The van der Waals surface area contributed by atoms with Crippen molar-refractivity contribution in [2.24, 2.45) is 0 Å². The quantitative estimate of drug-likeness (QED) is 0.539. The number of benzene rings is 1. The van der Waals surface area contributed by atoms with E-state index in [1.165, 1.54) is 0 Å². The highest BCUT2D eigenvalue weighted by Crippen LogP contribution is 2.46. The summed E-state index contributed by atoms with van der Waals surface area (Å²) in [5.74, 6) is -1.49. The molecule has 0 radical (unpaired) electrons. The first-order valence-corrected chi connectivity index (χ1v) is 13.5. The van der Waals surface area contributed by atoms with Crippen LogP contribution in [0.4, 0.5) is 4.79 Å². The Morgan fingerprint density at radius 2 is 1.77 bits per heavy atom. The van der Waals surface area contributed by atoms with E-state index in [2.05, 4.69) is 0 Å². The molecule has 3 fully saturated rings. The van der Waals surface area contributed by atoms with E-state index in [-0.39, 0.29) is 19.3 Å². The summed E-state index contributed by atoms with van der Waals surface area (Å²) in [6.07, 6.45) is 0.498. The van der Waals surface area contributed by atoms with Crippen molar-refractivity contribution in [2.75, 3.05) is 26.9 Å². The number of ether oxygens (including phenoxy) is 8. The second-order valence-electron chi connectivity index (χ2n) is 12.4. The van der Waals surface area contributed by atoms with Crippen LogP contribution < -0.4 is 4.74 Å². The van der Waals surface area contributed by atoms with Crippen LogP contribution in [0.15, 0.2) is 36.1 Å². The molecule has 0 N–H and O–H groups in total. The van der Waals surface area contributed by atoms with Crippen LogP contribution in [0.3, 0.4) is 0 Å². The van der Waals surface area contributed by atoms with Gasteiger partial charge in [0.15, 0.2) is 17.7 Å². The molecule has 216 valence electrons. The summed E-state index contributed by atoms with van der Waals surface area (Å²) >= 11 is 0. The number of carbonyl (C=O) groups is 1. The number of hydrogen-bond acceptors (Lipinski definition) is 9. The Morgan fingerprint density at radius 3 is 2.38 bits per heavy atom. The summed E-state index contributed by atoms with van der Waals surface area (Å²) in [5, 5.41) is 0. The van der Waals surface area contributed by atoms with Crippen LogP contribution in [-0.4, -0.2) is 85.2 Å². The zero-order valence-electron chi connectivity index (χ0n) is 24.1. The Morgan fingerprint density at radius 1 is 1.05 bits per heavy atom. The van der Waals surface area contributed by atoms with Gasteiger partial charge in [-0.3, -0.25) is 4.90 Å². The van der Waals surface area contributed by atoms with Gasteiger partial charge in [-0.15, -0.1) is 0 Å². The van der Waals surface area contributed by atoms with Crippen LogP contribution in [0.25, 0.3) is 0 Å². The van der Waals surface area contributed by atoms with Gasteiger partial charge in [-0.1, -0.05) is 12.1 Å². The minimum Gasteiger partial charge on any atom is -0.497 e. The monoisotopic (exact) mass is 547 g/mol. The van der Waals surface area contributed by atoms with Gasteiger partial charge in [0.25, 0.3) is 0 Å². The fraction of sp³-hybridized carbons (Fsp3) is 0.690. The number of rotatable bonds is 5. The first kappa shape index (κ1) is 28.2. The molecule has 0 aromatic heterocycles. The van der Waals surface area contributed by atoms with Crippen molar-refractivity contribution in [3.8, 4) is 5.75 Å². The SMILES string of the molecule is COc1ccc(C[C@H]2C(O[C@H]3[C@@H]4OC(C)(C)O[C@@H]4CO[C@]34COC(C)(C)O4)=CCN2C(=O)OC(C)(C)C)cc1. The summed E-state index contributed by atoms with van der Waals surface area (Å²) in [4.78, 5) is 15.0. The molecule has 0 saturated carbocycles. The van der Waals surface area contributed by atoms with E-state index in [9.17, 15) is 4.79 Å². The van der Waals surface area contributed by atoms with Gasteiger partial charge >= 0.3 is 6.09 Å². The van der Waals surface area contributed by atoms with E-state index < -0.39 is 47.3 Å². The van der Waals surface area contributed by atoms with Gasteiger partial charge < -0.3 is 37.9 Å². The summed E-state index contributed by atoms with van der Waals surface area (Å²) < 4.78 is 48.9. The zero-order chi connectivity index (χ0) is 28.2. The minimum absolute atomic E-state index is 0.171. The average Bonchev–Trinajstić information content (AvgIpc) is 3.48. The molecule has 1 aromatic carbocycles. The van der Waals surface area contributed by atoms with Gasteiger partial charge in [-0.05, 0) is 72.2 Å². The van der Waals surface area contributed by atoms with Crippen LogP contribution in [0.2, 0.25) is 0 Å². The van der Waals surface area contributed by atoms with Crippen molar-refractivity contribution < 1.29 is 42.7 Å². The van der Waals surface area contributed by atoms with Crippen molar-refractivity contribution in [1.82, 2.24) is 4.90 Å². The number of hydrogen-bond donors (Lipinski definition) is 0. The van der Waals surface area contributed by atoms with Gasteiger partial charge in [0.2, 0.25) is 5.79 Å². The second kappa shape index (κ2) is 9.92. The molecule has 10 nitrogen and oxygen atoms in total. The lowest BCUT2D eigenvalue weighted by Gasteiger charge is -2.44. The summed E-state index contributed by atoms with van der Waals surface area (Å²) in [7, 11) is 1.63. The third-order valence-corrected chi connectivity index (χ3v) is 7.16. The van der Waals surface area contributed by atoms with E-state index in [1.807, 2.05) is 78.8 Å². The van der Waals surface area contributed by atoms with Crippen molar-refractivity contribution >= 4 is 6.09 Å². The number of nitrogens with zero attached hydrogens (tertiary/aromatic N) is 1. The lowest BCUT2D eigenvalue weighted by Crippen LogP contribution is -2.63. The molecular weight excluding hydrogens is 506 g/mol. The standard InChI is InChI=1S/C29H41NO9/c1-26(2,3)38-25(31)30-14-13-21(20(30)15-18-9-11-19(32-8)12-10-18)35-24-23-22(36-28(6,7)37-23)16-33-29(24)17-34-27(4,5)39-29/h9-13,20,22-24H,14-17H2,1-8H3/t20-,22+,23+,24-,29-/m0/s1. The molecular formula is C29H41NO9. The fourth-order valence-corrected chi connectivity index (χ4v) is 5.52. The van der Waals surface area contributed by atoms with Gasteiger partial charge in [-0.25, -0.2) is 4.79 Å². The van der Waals surface area contributed by atoms with Crippen LogP contribution in [0.1, 0.15) is 54.0 Å².